The van der Waals surface area contributed by atoms with Crippen LogP contribution in [-0.4, -0.2) is 34.3 Å². The van der Waals surface area contributed by atoms with E-state index in [1.807, 2.05) is 19.9 Å². The Bertz CT molecular complexity index is 400. The third kappa shape index (κ3) is 2.02. The van der Waals surface area contributed by atoms with E-state index in [4.69, 9.17) is 0 Å². The summed E-state index contributed by atoms with van der Waals surface area (Å²) in [4.78, 5) is 11.3. The van der Waals surface area contributed by atoms with Crippen LogP contribution in [-0.2, 0) is 0 Å². The van der Waals surface area contributed by atoms with Gasteiger partial charge in [-0.15, -0.1) is 0 Å². The highest BCUT2D eigenvalue weighted by molar-refractivity contribution is 5.34. The zero-order valence-corrected chi connectivity index (χ0v) is 10.4. The van der Waals surface area contributed by atoms with Crippen molar-refractivity contribution in [2.45, 2.75) is 32.8 Å². The van der Waals surface area contributed by atoms with Gasteiger partial charge < -0.3 is 10.0 Å². The number of aliphatic hydroxyl groups excluding tert-OH is 1. The molecular formula is C13H19N3O. The van der Waals surface area contributed by atoms with E-state index < -0.39 is 0 Å². The lowest BCUT2D eigenvalue weighted by Crippen LogP contribution is -2.25. The summed E-state index contributed by atoms with van der Waals surface area (Å²) in [5.74, 6) is 2.13. The van der Waals surface area contributed by atoms with Gasteiger partial charge in [-0.2, -0.15) is 0 Å². The van der Waals surface area contributed by atoms with Crippen LogP contribution in [0.5, 0.6) is 0 Å². The third-order valence-corrected chi connectivity index (χ3v) is 3.98. The molecule has 4 nitrogen and oxygen atoms in total. The van der Waals surface area contributed by atoms with Crippen LogP contribution in [0.1, 0.15) is 24.2 Å². The molecular weight excluding hydrogens is 214 g/mol. The van der Waals surface area contributed by atoms with Crippen LogP contribution in [0, 0.1) is 25.7 Å². The van der Waals surface area contributed by atoms with Gasteiger partial charge in [0, 0.05) is 24.5 Å². The molecule has 1 aromatic rings. The van der Waals surface area contributed by atoms with Gasteiger partial charge in [-0.05, 0) is 44.6 Å². The van der Waals surface area contributed by atoms with E-state index >= 15 is 0 Å². The quantitative estimate of drug-likeness (QED) is 0.794. The standard InChI is InChI=1S/C13H19N3O/c1-8-3-9(2)15-13(14-8)16-6-10-4-12(17)5-11(10)7-16/h3,10-12,17H,4-7H2,1-2H3/t10-,11+,12?. The first kappa shape index (κ1) is 11.0. The second-order valence-electron chi connectivity index (χ2n) is 5.50. The second-order valence-corrected chi connectivity index (χ2v) is 5.50. The molecule has 1 aliphatic carbocycles. The number of aromatic nitrogens is 2. The second kappa shape index (κ2) is 3.95. The van der Waals surface area contributed by atoms with Gasteiger partial charge in [0.25, 0.3) is 0 Å². The van der Waals surface area contributed by atoms with Crippen molar-refractivity contribution >= 4 is 5.95 Å². The fourth-order valence-electron chi connectivity index (χ4n) is 3.28. The van der Waals surface area contributed by atoms with Gasteiger partial charge in [0.1, 0.15) is 0 Å². The maximum Gasteiger partial charge on any atom is 0.225 e. The number of anilines is 1. The van der Waals surface area contributed by atoms with Crippen LogP contribution in [0.3, 0.4) is 0 Å². The molecule has 1 aromatic heterocycles. The van der Waals surface area contributed by atoms with Crippen molar-refractivity contribution in [1.29, 1.82) is 0 Å². The van der Waals surface area contributed by atoms with Crippen LogP contribution in [0.2, 0.25) is 0 Å². The highest BCUT2D eigenvalue weighted by Crippen LogP contribution is 2.38. The first-order valence-corrected chi connectivity index (χ1v) is 6.37. The summed E-state index contributed by atoms with van der Waals surface area (Å²) in [6.45, 7) is 6.03. The molecule has 2 aliphatic rings. The van der Waals surface area contributed by atoms with E-state index in [2.05, 4.69) is 14.9 Å². The summed E-state index contributed by atoms with van der Waals surface area (Å²) in [5.41, 5.74) is 2.06. The van der Waals surface area contributed by atoms with Gasteiger partial charge in [0.2, 0.25) is 5.95 Å². The average Bonchev–Trinajstić information content (AvgIpc) is 2.72. The molecule has 0 radical (unpaired) electrons. The van der Waals surface area contributed by atoms with Crippen LogP contribution in [0.15, 0.2) is 6.07 Å². The predicted molar refractivity (Wildman–Crippen MR) is 65.9 cm³/mol. The molecule has 3 rings (SSSR count). The van der Waals surface area contributed by atoms with Crippen LogP contribution >= 0.6 is 0 Å². The van der Waals surface area contributed by atoms with Crippen molar-refractivity contribution in [3.8, 4) is 0 Å². The summed E-state index contributed by atoms with van der Waals surface area (Å²) in [6.07, 6.45) is 1.82. The van der Waals surface area contributed by atoms with Crippen molar-refractivity contribution < 1.29 is 5.11 Å². The molecule has 17 heavy (non-hydrogen) atoms. The zero-order chi connectivity index (χ0) is 12.0. The molecule has 2 fully saturated rings. The molecule has 0 aromatic carbocycles. The normalized spacial score (nSPS) is 31.9. The van der Waals surface area contributed by atoms with E-state index in [-0.39, 0.29) is 6.10 Å². The number of fused-ring (bicyclic) bond motifs is 1. The summed E-state index contributed by atoms with van der Waals surface area (Å²) in [7, 11) is 0. The predicted octanol–water partition coefficient (Wildman–Crippen LogP) is 1.30. The minimum absolute atomic E-state index is 0.0766. The summed E-state index contributed by atoms with van der Waals surface area (Å²) < 4.78 is 0. The largest absolute Gasteiger partial charge is 0.393 e. The number of nitrogens with zero attached hydrogens (tertiary/aromatic N) is 3. The number of aryl methyl sites for hydroxylation is 2. The number of rotatable bonds is 1. The van der Waals surface area contributed by atoms with E-state index in [1.54, 1.807) is 0 Å². The minimum Gasteiger partial charge on any atom is -0.393 e. The summed E-state index contributed by atoms with van der Waals surface area (Å²) in [5, 5.41) is 9.63. The molecule has 2 heterocycles. The molecule has 1 unspecified atom stereocenters. The van der Waals surface area contributed by atoms with Gasteiger partial charge in [-0.3, -0.25) is 0 Å². The topological polar surface area (TPSA) is 49.2 Å². The van der Waals surface area contributed by atoms with Crippen LogP contribution < -0.4 is 4.90 Å². The van der Waals surface area contributed by atoms with Crippen molar-refractivity contribution in [3.05, 3.63) is 17.5 Å². The maximum atomic E-state index is 9.63. The van der Waals surface area contributed by atoms with Gasteiger partial charge >= 0.3 is 0 Å². The summed E-state index contributed by atoms with van der Waals surface area (Å²) >= 11 is 0. The Labute approximate surface area is 102 Å². The lowest BCUT2D eigenvalue weighted by atomic mass is 10.0. The molecule has 0 spiro atoms. The molecule has 1 aliphatic heterocycles. The Kier molecular flexibility index (Phi) is 2.54. The third-order valence-electron chi connectivity index (χ3n) is 3.98. The van der Waals surface area contributed by atoms with Crippen molar-refractivity contribution in [1.82, 2.24) is 9.97 Å². The lowest BCUT2D eigenvalue weighted by Gasteiger charge is -2.18. The Hall–Kier alpha value is -1.16. The molecule has 0 amide bonds. The first-order valence-electron chi connectivity index (χ1n) is 6.37. The molecule has 1 N–H and O–H groups in total. The van der Waals surface area contributed by atoms with Crippen molar-refractivity contribution in [2.75, 3.05) is 18.0 Å². The molecule has 92 valence electrons. The van der Waals surface area contributed by atoms with E-state index in [0.29, 0.717) is 11.8 Å². The Balaban J connectivity index is 1.79. The average molecular weight is 233 g/mol. The highest BCUT2D eigenvalue weighted by atomic mass is 16.3. The zero-order valence-electron chi connectivity index (χ0n) is 10.4. The fraction of sp³-hybridized carbons (Fsp3) is 0.692. The Morgan fingerprint density at radius 2 is 1.65 bits per heavy atom. The molecule has 4 heteroatoms. The Morgan fingerprint density at radius 1 is 1.12 bits per heavy atom. The minimum atomic E-state index is -0.0766. The van der Waals surface area contributed by atoms with Gasteiger partial charge in [-0.1, -0.05) is 0 Å². The maximum absolute atomic E-state index is 9.63. The first-order chi connectivity index (χ1) is 8.11. The van der Waals surface area contributed by atoms with E-state index in [1.165, 1.54) is 0 Å². The number of hydrogen-bond donors (Lipinski definition) is 1. The molecule has 0 bridgehead atoms. The van der Waals surface area contributed by atoms with Gasteiger partial charge in [0.15, 0.2) is 0 Å². The Morgan fingerprint density at radius 3 is 2.18 bits per heavy atom. The smallest absolute Gasteiger partial charge is 0.225 e. The van der Waals surface area contributed by atoms with E-state index in [0.717, 1.165) is 43.3 Å². The van der Waals surface area contributed by atoms with Crippen LogP contribution in [0.4, 0.5) is 5.95 Å². The molecule has 1 saturated heterocycles. The molecule has 1 saturated carbocycles. The van der Waals surface area contributed by atoms with Crippen LogP contribution in [0.25, 0.3) is 0 Å². The highest BCUT2D eigenvalue weighted by Gasteiger charge is 2.40. The van der Waals surface area contributed by atoms with Gasteiger partial charge in [0.05, 0.1) is 6.10 Å². The lowest BCUT2D eigenvalue weighted by molar-refractivity contribution is 0.174. The number of hydrogen-bond acceptors (Lipinski definition) is 4. The van der Waals surface area contributed by atoms with E-state index in [9.17, 15) is 5.11 Å². The van der Waals surface area contributed by atoms with Gasteiger partial charge in [-0.25, -0.2) is 9.97 Å². The fourth-order valence-corrected chi connectivity index (χ4v) is 3.28. The van der Waals surface area contributed by atoms with Crippen molar-refractivity contribution in [3.63, 3.8) is 0 Å². The number of aliphatic hydroxyl groups is 1. The monoisotopic (exact) mass is 233 g/mol. The van der Waals surface area contributed by atoms with Crippen molar-refractivity contribution in [2.24, 2.45) is 11.8 Å². The summed E-state index contributed by atoms with van der Waals surface area (Å²) in [6, 6.07) is 2.00. The molecule has 3 atom stereocenters. The SMILES string of the molecule is Cc1cc(C)nc(N2C[C@H]3CC(O)C[C@H]3C2)n1.